The summed E-state index contributed by atoms with van der Waals surface area (Å²) in [4.78, 5) is 21.7. The number of ether oxygens (including phenoxy) is 2. The van der Waals surface area contributed by atoms with Gasteiger partial charge in [-0.2, -0.15) is 0 Å². The molecule has 0 saturated heterocycles. The summed E-state index contributed by atoms with van der Waals surface area (Å²) in [6.45, 7) is 1.50. The van der Waals surface area contributed by atoms with Crippen LogP contribution in [0.5, 0.6) is 11.5 Å². The van der Waals surface area contributed by atoms with Crippen LogP contribution in [-0.4, -0.2) is 30.1 Å². The second kappa shape index (κ2) is 4.45. The number of phenols is 1. The molecule has 1 aliphatic heterocycles. The van der Waals surface area contributed by atoms with Gasteiger partial charge < -0.3 is 14.6 Å². The van der Waals surface area contributed by atoms with E-state index in [2.05, 4.69) is 0 Å². The van der Waals surface area contributed by atoms with Crippen LogP contribution in [0.4, 0.5) is 0 Å². The zero-order valence-corrected chi connectivity index (χ0v) is 9.30. The smallest absolute Gasteiger partial charge is 0.303 e. The maximum absolute atomic E-state index is 10.9. The topological polar surface area (TPSA) is 72.8 Å². The van der Waals surface area contributed by atoms with Gasteiger partial charge in [-0.15, -0.1) is 0 Å². The van der Waals surface area contributed by atoms with Crippen molar-refractivity contribution in [3.05, 3.63) is 23.3 Å². The number of aldehydes is 1. The quantitative estimate of drug-likeness (QED) is 0.614. The van der Waals surface area contributed by atoms with E-state index in [0.717, 1.165) is 0 Å². The highest BCUT2D eigenvalue weighted by Gasteiger charge is 2.26. The summed E-state index contributed by atoms with van der Waals surface area (Å²) in [5.41, 5.74) is 1.02. The molecule has 5 nitrogen and oxygen atoms in total. The van der Waals surface area contributed by atoms with E-state index in [1.807, 2.05) is 0 Å². The minimum atomic E-state index is -0.416. The maximum Gasteiger partial charge on any atom is 0.303 e. The molecule has 1 aromatic carbocycles. The van der Waals surface area contributed by atoms with E-state index in [1.165, 1.54) is 19.1 Å². The van der Waals surface area contributed by atoms with Crippen LogP contribution in [0, 0.1) is 0 Å². The average molecular weight is 236 g/mol. The lowest BCUT2D eigenvalue weighted by atomic mass is 9.98. The van der Waals surface area contributed by atoms with E-state index in [1.54, 1.807) is 0 Å². The number of carbonyl (C=O) groups is 2. The Morgan fingerprint density at radius 2 is 2.35 bits per heavy atom. The van der Waals surface area contributed by atoms with Crippen LogP contribution in [0.2, 0.25) is 0 Å². The van der Waals surface area contributed by atoms with Crippen LogP contribution in [0.1, 0.15) is 22.8 Å². The SMILES string of the molecule is CC(=O)OC1COc2c(O)ccc(C=O)c2C1. The molecule has 0 saturated carbocycles. The summed E-state index contributed by atoms with van der Waals surface area (Å²) in [5.74, 6) is -0.0975. The molecule has 1 unspecified atom stereocenters. The first-order valence-corrected chi connectivity index (χ1v) is 5.22. The molecule has 5 heteroatoms. The molecule has 0 spiro atoms. The van der Waals surface area contributed by atoms with E-state index in [9.17, 15) is 14.7 Å². The molecular weight excluding hydrogens is 224 g/mol. The number of rotatable bonds is 2. The fourth-order valence-corrected chi connectivity index (χ4v) is 1.89. The molecule has 0 bridgehead atoms. The summed E-state index contributed by atoms with van der Waals surface area (Å²) in [6, 6.07) is 2.93. The van der Waals surface area contributed by atoms with Gasteiger partial charge in [0.05, 0.1) is 0 Å². The predicted octanol–water partition coefficient (Wildman–Crippen LogP) is 1.07. The fourth-order valence-electron chi connectivity index (χ4n) is 1.89. The van der Waals surface area contributed by atoms with Gasteiger partial charge in [0.2, 0.25) is 0 Å². The van der Waals surface area contributed by atoms with Crippen molar-refractivity contribution in [2.24, 2.45) is 0 Å². The molecule has 1 aliphatic rings. The largest absolute Gasteiger partial charge is 0.504 e. The summed E-state index contributed by atoms with van der Waals surface area (Å²) >= 11 is 0. The van der Waals surface area contributed by atoms with Crippen molar-refractivity contribution in [1.29, 1.82) is 0 Å². The van der Waals surface area contributed by atoms with Crippen LogP contribution >= 0.6 is 0 Å². The maximum atomic E-state index is 10.9. The first-order valence-electron chi connectivity index (χ1n) is 5.22. The van der Waals surface area contributed by atoms with Gasteiger partial charge in [0.1, 0.15) is 19.0 Å². The number of esters is 1. The van der Waals surface area contributed by atoms with Gasteiger partial charge >= 0.3 is 5.97 Å². The number of hydrogen-bond acceptors (Lipinski definition) is 5. The van der Waals surface area contributed by atoms with Crippen molar-refractivity contribution in [2.45, 2.75) is 19.4 Å². The van der Waals surface area contributed by atoms with E-state index in [4.69, 9.17) is 9.47 Å². The van der Waals surface area contributed by atoms with Crippen LogP contribution in [0.3, 0.4) is 0 Å². The molecule has 1 N–H and O–H groups in total. The van der Waals surface area contributed by atoms with Crippen LogP contribution in [-0.2, 0) is 16.0 Å². The first kappa shape index (κ1) is 11.4. The van der Waals surface area contributed by atoms with Crippen LogP contribution < -0.4 is 4.74 Å². The third kappa shape index (κ3) is 2.22. The minimum Gasteiger partial charge on any atom is -0.504 e. The van der Waals surface area contributed by atoms with Gasteiger partial charge in [0, 0.05) is 24.5 Å². The van der Waals surface area contributed by atoms with Gasteiger partial charge in [0.15, 0.2) is 11.5 Å². The predicted molar refractivity (Wildman–Crippen MR) is 58.2 cm³/mol. The molecule has 17 heavy (non-hydrogen) atoms. The lowest BCUT2D eigenvalue weighted by molar-refractivity contribution is -0.148. The molecule has 1 aromatic rings. The minimum absolute atomic E-state index is 0.00752. The van der Waals surface area contributed by atoms with Crippen molar-refractivity contribution in [3.63, 3.8) is 0 Å². The molecule has 0 fully saturated rings. The van der Waals surface area contributed by atoms with Crippen molar-refractivity contribution in [3.8, 4) is 11.5 Å². The van der Waals surface area contributed by atoms with Gasteiger partial charge in [-0.05, 0) is 12.1 Å². The van der Waals surface area contributed by atoms with Gasteiger partial charge in [-0.1, -0.05) is 0 Å². The van der Waals surface area contributed by atoms with Crippen molar-refractivity contribution in [1.82, 2.24) is 0 Å². The Hall–Kier alpha value is -2.04. The number of aromatic hydroxyl groups is 1. The Labute approximate surface area is 98.0 Å². The van der Waals surface area contributed by atoms with E-state index < -0.39 is 12.1 Å². The molecule has 1 atom stereocenters. The van der Waals surface area contributed by atoms with Crippen molar-refractivity contribution < 1.29 is 24.2 Å². The monoisotopic (exact) mass is 236 g/mol. The molecule has 0 amide bonds. The van der Waals surface area contributed by atoms with E-state index in [0.29, 0.717) is 29.6 Å². The number of carbonyl (C=O) groups excluding carboxylic acids is 2. The highest BCUT2D eigenvalue weighted by atomic mass is 16.6. The van der Waals surface area contributed by atoms with Gasteiger partial charge in [-0.25, -0.2) is 0 Å². The molecule has 90 valence electrons. The lowest BCUT2D eigenvalue weighted by Crippen LogP contribution is -2.31. The summed E-state index contributed by atoms with van der Waals surface area (Å²) in [6.07, 6.45) is 0.648. The second-order valence-electron chi connectivity index (χ2n) is 3.85. The zero-order chi connectivity index (χ0) is 12.4. The molecule has 2 rings (SSSR count). The number of fused-ring (bicyclic) bond motifs is 1. The Kier molecular flexibility index (Phi) is 2.99. The third-order valence-electron chi connectivity index (χ3n) is 2.58. The Bertz CT molecular complexity index is 466. The molecule has 0 radical (unpaired) electrons. The Morgan fingerprint density at radius 1 is 1.59 bits per heavy atom. The van der Waals surface area contributed by atoms with Crippen molar-refractivity contribution >= 4 is 12.3 Å². The number of benzene rings is 1. The molecule has 0 aliphatic carbocycles. The Morgan fingerprint density at radius 3 is 3.00 bits per heavy atom. The molecule has 0 aromatic heterocycles. The van der Waals surface area contributed by atoms with Gasteiger partial charge in [0.25, 0.3) is 0 Å². The standard InChI is InChI=1S/C12H12O5/c1-7(14)17-9-4-10-8(5-13)2-3-11(15)12(10)16-6-9/h2-3,5,9,15H,4,6H2,1H3. The van der Waals surface area contributed by atoms with Crippen LogP contribution in [0.15, 0.2) is 12.1 Å². The second-order valence-corrected chi connectivity index (χ2v) is 3.85. The average Bonchev–Trinajstić information content (AvgIpc) is 2.29. The highest BCUT2D eigenvalue weighted by Crippen LogP contribution is 2.36. The normalized spacial score (nSPS) is 17.8. The summed E-state index contributed by atoms with van der Waals surface area (Å²) in [7, 11) is 0. The lowest BCUT2D eigenvalue weighted by Gasteiger charge is -2.26. The third-order valence-corrected chi connectivity index (χ3v) is 2.58. The van der Waals surface area contributed by atoms with E-state index >= 15 is 0 Å². The summed E-state index contributed by atoms with van der Waals surface area (Å²) < 4.78 is 10.4. The van der Waals surface area contributed by atoms with Gasteiger partial charge in [-0.3, -0.25) is 9.59 Å². The molecular formula is C12H12O5. The first-order chi connectivity index (χ1) is 8.11. The summed E-state index contributed by atoms with van der Waals surface area (Å²) in [5, 5.41) is 9.60. The number of phenolic OH excluding ortho intramolecular Hbond substituents is 1. The fraction of sp³-hybridized carbons (Fsp3) is 0.333. The van der Waals surface area contributed by atoms with E-state index in [-0.39, 0.29) is 12.4 Å². The zero-order valence-electron chi connectivity index (χ0n) is 9.30. The molecule has 1 heterocycles. The number of hydrogen-bond donors (Lipinski definition) is 1. The van der Waals surface area contributed by atoms with Crippen LogP contribution in [0.25, 0.3) is 0 Å². The Balaban J connectivity index is 2.32. The highest BCUT2D eigenvalue weighted by molar-refractivity contribution is 5.80. The van der Waals surface area contributed by atoms with Crippen molar-refractivity contribution in [2.75, 3.05) is 6.61 Å².